The van der Waals surface area contributed by atoms with E-state index >= 15 is 0 Å². The summed E-state index contributed by atoms with van der Waals surface area (Å²) in [7, 11) is 1.57. The quantitative estimate of drug-likeness (QED) is 0.808. The number of aliphatic hydroxyl groups excluding tert-OH is 1. The van der Waals surface area contributed by atoms with E-state index in [1.807, 2.05) is 6.92 Å². The van der Waals surface area contributed by atoms with Crippen molar-refractivity contribution in [2.45, 2.75) is 19.8 Å². The van der Waals surface area contributed by atoms with Gasteiger partial charge >= 0.3 is 0 Å². The SMILES string of the molecule is CCC(CCO)CNC(=O)c1cc(OC)ccc1Br. The lowest BCUT2D eigenvalue weighted by molar-refractivity contribution is 0.0942. The summed E-state index contributed by atoms with van der Waals surface area (Å²) in [4.78, 5) is 12.1. The molecule has 1 amide bonds. The Labute approximate surface area is 122 Å². The molecule has 2 N–H and O–H groups in total. The molecule has 1 aromatic rings. The second-order valence-electron chi connectivity index (χ2n) is 4.34. The van der Waals surface area contributed by atoms with Crippen molar-refractivity contribution < 1.29 is 14.6 Å². The van der Waals surface area contributed by atoms with Crippen LogP contribution in [0.3, 0.4) is 0 Å². The maximum atomic E-state index is 12.1. The van der Waals surface area contributed by atoms with Crippen LogP contribution in [0.4, 0.5) is 0 Å². The van der Waals surface area contributed by atoms with E-state index in [0.29, 0.717) is 30.2 Å². The molecule has 0 aliphatic carbocycles. The van der Waals surface area contributed by atoms with Crippen molar-refractivity contribution in [3.8, 4) is 5.75 Å². The number of rotatable bonds is 7. The van der Waals surface area contributed by atoms with E-state index in [2.05, 4.69) is 21.2 Å². The summed E-state index contributed by atoms with van der Waals surface area (Å²) in [6, 6.07) is 5.28. The van der Waals surface area contributed by atoms with Gasteiger partial charge in [0.05, 0.1) is 12.7 Å². The summed E-state index contributed by atoms with van der Waals surface area (Å²) >= 11 is 3.36. The van der Waals surface area contributed by atoms with E-state index in [4.69, 9.17) is 9.84 Å². The largest absolute Gasteiger partial charge is 0.497 e. The molecule has 1 unspecified atom stereocenters. The van der Waals surface area contributed by atoms with Crippen molar-refractivity contribution >= 4 is 21.8 Å². The van der Waals surface area contributed by atoms with Gasteiger partial charge in [-0.05, 0) is 46.5 Å². The molecule has 106 valence electrons. The number of halogens is 1. The average molecular weight is 330 g/mol. The predicted molar refractivity (Wildman–Crippen MR) is 78.5 cm³/mol. The van der Waals surface area contributed by atoms with E-state index in [1.165, 1.54) is 0 Å². The molecule has 0 saturated carbocycles. The number of carbonyl (C=O) groups excluding carboxylic acids is 1. The van der Waals surface area contributed by atoms with Gasteiger partial charge in [0.1, 0.15) is 5.75 Å². The van der Waals surface area contributed by atoms with E-state index < -0.39 is 0 Å². The molecule has 1 rings (SSSR count). The molecule has 4 nitrogen and oxygen atoms in total. The van der Waals surface area contributed by atoms with Crippen molar-refractivity contribution in [2.24, 2.45) is 5.92 Å². The molecule has 0 fully saturated rings. The number of nitrogens with one attached hydrogen (secondary N) is 1. The van der Waals surface area contributed by atoms with Gasteiger partial charge in [0.15, 0.2) is 0 Å². The number of benzene rings is 1. The molecule has 0 heterocycles. The van der Waals surface area contributed by atoms with Gasteiger partial charge in [0.25, 0.3) is 5.91 Å². The zero-order valence-electron chi connectivity index (χ0n) is 11.3. The topological polar surface area (TPSA) is 58.6 Å². The number of aliphatic hydroxyl groups is 1. The maximum Gasteiger partial charge on any atom is 0.252 e. The van der Waals surface area contributed by atoms with Crippen LogP contribution in [-0.2, 0) is 0 Å². The van der Waals surface area contributed by atoms with Gasteiger partial charge in [-0.3, -0.25) is 4.79 Å². The zero-order chi connectivity index (χ0) is 14.3. The smallest absolute Gasteiger partial charge is 0.252 e. The lowest BCUT2D eigenvalue weighted by atomic mass is 10.0. The number of ether oxygens (including phenoxy) is 1. The Morgan fingerprint density at radius 2 is 2.26 bits per heavy atom. The van der Waals surface area contributed by atoms with Crippen molar-refractivity contribution in [1.82, 2.24) is 5.32 Å². The summed E-state index contributed by atoms with van der Waals surface area (Å²) in [6.45, 7) is 2.77. The van der Waals surface area contributed by atoms with Gasteiger partial charge < -0.3 is 15.2 Å². The van der Waals surface area contributed by atoms with Crippen LogP contribution in [0.1, 0.15) is 30.1 Å². The number of amides is 1. The zero-order valence-corrected chi connectivity index (χ0v) is 12.9. The van der Waals surface area contributed by atoms with Crippen LogP contribution >= 0.6 is 15.9 Å². The van der Waals surface area contributed by atoms with Crippen molar-refractivity contribution in [3.05, 3.63) is 28.2 Å². The molecule has 0 aromatic heterocycles. The predicted octanol–water partition coefficient (Wildman–Crippen LogP) is 2.60. The average Bonchev–Trinajstić information content (AvgIpc) is 2.43. The minimum atomic E-state index is -0.137. The summed E-state index contributed by atoms with van der Waals surface area (Å²) < 4.78 is 5.85. The Kier molecular flexibility index (Phi) is 6.87. The fourth-order valence-electron chi connectivity index (χ4n) is 1.77. The molecule has 0 radical (unpaired) electrons. The van der Waals surface area contributed by atoms with Crippen LogP contribution in [0.5, 0.6) is 5.75 Å². The monoisotopic (exact) mass is 329 g/mol. The molecular weight excluding hydrogens is 310 g/mol. The lowest BCUT2D eigenvalue weighted by Crippen LogP contribution is -2.29. The highest BCUT2D eigenvalue weighted by atomic mass is 79.9. The van der Waals surface area contributed by atoms with Crippen LogP contribution in [0.15, 0.2) is 22.7 Å². The van der Waals surface area contributed by atoms with Crippen molar-refractivity contribution in [3.63, 3.8) is 0 Å². The fourth-order valence-corrected chi connectivity index (χ4v) is 2.20. The van der Waals surface area contributed by atoms with E-state index in [9.17, 15) is 4.79 Å². The minimum Gasteiger partial charge on any atom is -0.497 e. The van der Waals surface area contributed by atoms with Crippen LogP contribution < -0.4 is 10.1 Å². The first kappa shape index (κ1) is 16.0. The third-order valence-electron chi connectivity index (χ3n) is 3.08. The van der Waals surface area contributed by atoms with Gasteiger partial charge in [0.2, 0.25) is 0 Å². The summed E-state index contributed by atoms with van der Waals surface area (Å²) in [6.07, 6.45) is 1.64. The lowest BCUT2D eigenvalue weighted by Gasteiger charge is -2.15. The Morgan fingerprint density at radius 1 is 1.53 bits per heavy atom. The third-order valence-corrected chi connectivity index (χ3v) is 3.78. The number of carbonyl (C=O) groups is 1. The van der Waals surface area contributed by atoms with E-state index in [1.54, 1.807) is 25.3 Å². The van der Waals surface area contributed by atoms with Gasteiger partial charge in [-0.1, -0.05) is 13.3 Å². The van der Waals surface area contributed by atoms with Gasteiger partial charge in [0, 0.05) is 17.6 Å². The number of methoxy groups -OCH3 is 1. The minimum absolute atomic E-state index is 0.137. The molecule has 0 bridgehead atoms. The van der Waals surface area contributed by atoms with E-state index in [-0.39, 0.29) is 12.5 Å². The highest BCUT2D eigenvalue weighted by molar-refractivity contribution is 9.10. The van der Waals surface area contributed by atoms with Gasteiger partial charge in [-0.15, -0.1) is 0 Å². The first-order valence-corrected chi connectivity index (χ1v) is 7.14. The molecule has 0 saturated heterocycles. The molecule has 19 heavy (non-hydrogen) atoms. The van der Waals surface area contributed by atoms with Crippen molar-refractivity contribution in [1.29, 1.82) is 0 Å². The molecule has 0 spiro atoms. The van der Waals surface area contributed by atoms with Crippen LogP contribution in [0.25, 0.3) is 0 Å². The van der Waals surface area contributed by atoms with Crippen molar-refractivity contribution in [2.75, 3.05) is 20.3 Å². The third kappa shape index (κ3) is 4.84. The van der Waals surface area contributed by atoms with Gasteiger partial charge in [-0.2, -0.15) is 0 Å². The fraction of sp³-hybridized carbons (Fsp3) is 0.500. The Balaban J connectivity index is 2.67. The second-order valence-corrected chi connectivity index (χ2v) is 5.20. The van der Waals surface area contributed by atoms with Crippen LogP contribution in [0.2, 0.25) is 0 Å². The number of hydrogen-bond donors (Lipinski definition) is 2. The standard InChI is InChI=1S/C14H20BrNO3/c1-3-10(6-7-17)9-16-14(18)12-8-11(19-2)4-5-13(12)15/h4-5,8,10,17H,3,6-7,9H2,1-2H3,(H,16,18). The highest BCUT2D eigenvalue weighted by Gasteiger charge is 2.13. The maximum absolute atomic E-state index is 12.1. The molecule has 1 atom stereocenters. The first-order valence-electron chi connectivity index (χ1n) is 6.35. The summed E-state index contributed by atoms with van der Waals surface area (Å²) in [5, 5.41) is 11.8. The summed E-state index contributed by atoms with van der Waals surface area (Å²) in [5.74, 6) is 0.816. The molecule has 5 heteroatoms. The highest BCUT2D eigenvalue weighted by Crippen LogP contribution is 2.22. The summed E-state index contributed by atoms with van der Waals surface area (Å²) in [5.41, 5.74) is 0.554. The molecular formula is C14H20BrNO3. The Bertz CT molecular complexity index is 423. The molecule has 1 aromatic carbocycles. The molecule has 0 aliphatic rings. The van der Waals surface area contributed by atoms with Crippen LogP contribution in [-0.4, -0.2) is 31.3 Å². The molecule has 0 aliphatic heterocycles. The Morgan fingerprint density at radius 3 is 2.84 bits per heavy atom. The van der Waals surface area contributed by atoms with E-state index in [0.717, 1.165) is 10.9 Å². The normalized spacial score (nSPS) is 12.0. The Hall–Kier alpha value is -1.07. The second kappa shape index (κ2) is 8.17. The first-order chi connectivity index (χ1) is 9.12. The number of hydrogen-bond acceptors (Lipinski definition) is 3. The van der Waals surface area contributed by atoms with Crippen LogP contribution in [0, 0.1) is 5.92 Å². The van der Waals surface area contributed by atoms with Gasteiger partial charge in [-0.25, -0.2) is 0 Å².